The third-order valence-electron chi connectivity index (χ3n) is 6.44. The normalized spacial score (nSPS) is 14.0. The second-order valence-electron chi connectivity index (χ2n) is 10.3. The van der Waals surface area contributed by atoms with Gasteiger partial charge in [0.1, 0.15) is 6.26 Å². The zero-order valence-electron chi connectivity index (χ0n) is 27.5. The van der Waals surface area contributed by atoms with E-state index in [0.29, 0.717) is 38.5 Å². The van der Waals surface area contributed by atoms with Crippen LogP contribution < -0.4 is 5.32 Å². The fourth-order valence-electron chi connectivity index (χ4n) is 4.18. The minimum Gasteiger partial charge on any atom is -0.442 e. The zero-order valence-corrected chi connectivity index (χ0v) is 28.4. The van der Waals surface area contributed by atoms with Crippen LogP contribution in [0.3, 0.4) is 0 Å². The number of nitrogens with one attached hydrogen (secondary N) is 1. The summed E-state index contributed by atoms with van der Waals surface area (Å²) in [7, 11) is -1.88. The van der Waals surface area contributed by atoms with Gasteiger partial charge in [0.05, 0.1) is 26.0 Å². The highest BCUT2D eigenvalue weighted by atomic mass is 32.2. The second-order valence-corrected chi connectivity index (χ2v) is 13.0. The third-order valence-corrected chi connectivity index (χ3v) is 7.38. The van der Waals surface area contributed by atoms with Crippen LogP contribution >= 0.6 is 0 Å². The summed E-state index contributed by atoms with van der Waals surface area (Å²) in [4.78, 5) is 41.5. The van der Waals surface area contributed by atoms with Crippen molar-refractivity contribution in [1.29, 1.82) is 0 Å². The maximum Gasteiger partial charge on any atom is 0.264 e. The molecule has 9 nitrogen and oxygen atoms in total. The molecule has 2 aromatic carbocycles. The van der Waals surface area contributed by atoms with Crippen LogP contribution in [0.4, 0.5) is 0 Å². The van der Waals surface area contributed by atoms with Crippen LogP contribution in [-0.4, -0.2) is 76.7 Å². The summed E-state index contributed by atoms with van der Waals surface area (Å²) in [5.74, 6) is 2.90. The highest BCUT2D eigenvalue weighted by molar-refractivity contribution is 7.98. The molecule has 1 aliphatic rings. The summed E-state index contributed by atoms with van der Waals surface area (Å²) < 4.78 is 21.3. The number of ether oxygens (including phenoxy) is 1. The van der Waals surface area contributed by atoms with Crippen molar-refractivity contribution in [2.24, 2.45) is 5.92 Å². The van der Waals surface area contributed by atoms with Gasteiger partial charge in [-0.05, 0) is 39.4 Å². The number of morpholine rings is 1. The molecule has 2 amide bonds. The number of aryl methyl sites for hydroxylation is 1. The topological polar surface area (TPSA) is 119 Å². The molecule has 10 heteroatoms. The third kappa shape index (κ3) is 17.3. The quantitative estimate of drug-likeness (QED) is 0.219. The average molecular weight is 642 g/mol. The number of carbonyl (C=O) groups is 3. The van der Waals surface area contributed by atoms with Gasteiger partial charge in [0.2, 0.25) is 17.6 Å². The number of hydrogen-bond donors (Lipinski definition) is 1. The Balaban J connectivity index is 0.000000380. The summed E-state index contributed by atoms with van der Waals surface area (Å²) in [6, 6.07) is 20.3. The van der Waals surface area contributed by atoms with E-state index in [2.05, 4.69) is 53.4 Å². The van der Waals surface area contributed by atoms with Gasteiger partial charge < -0.3 is 19.4 Å². The van der Waals surface area contributed by atoms with Crippen LogP contribution in [0.5, 0.6) is 0 Å². The van der Waals surface area contributed by atoms with Gasteiger partial charge >= 0.3 is 0 Å². The van der Waals surface area contributed by atoms with Crippen molar-refractivity contribution in [2.75, 3.05) is 39.1 Å². The lowest BCUT2D eigenvalue weighted by Crippen LogP contribution is -2.43. The van der Waals surface area contributed by atoms with Crippen LogP contribution in [-0.2, 0) is 36.0 Å². The number of oxazole rings is 1. The highest BCUT2D eigenvalue weighted by Gasteiger charge is 2.25. The Morgan fingerprint density at radius 2 is 1.56 bits per heavy atom. The van der Waals surface area contributed by atoms with Crippen LogP contribution in [0.15, 0.2) is 77.5 Å². The van der Waals surface area contributed by atoms with Crippen molar-refractivity contribution in [3.63, 3.8) is 0 Å². The Bertz CT molecular complexity index is 1320. The molecular weight excluding hydrogens is 590 g/mol. The standard InChI is InChI=1S/C15H21N3O5.C9H12OS.C9H12.C2H6/c1-2-11(9-13(20)18-4-7-22-8-5-18)14(21)17-10-12(19)15-16-3-6-23-15;1-11(2,10)8-9-6-4-3-5-7-9;1-2-6-9-7-4-3-5-8-9;1-2/h3,6,11H,2,4-5,7-10H2,1H3,(H,17,21);3-7H,1,8H2,2H3;3-5,7-8H,2,6H2,1H3;1-2H3. The molecule has 0 aliphatic carbocycles. The van der Waals surface area contributed by atoms with Gasteiger partial charge in [0.15, 0.2) is 0 Å². The van der Waals surface area contributed by atoms with Crippen molar-refractivity contribution >= 4 is 33.0 Å². The molecule has 1 saturated heterocycles. The van der Waals surface area contributed by atoms with Crippen molar-refractivity contribution in [2.45, 2.75) is 59.1 Å². The molecule has 1 aliphatic heterocycles. The summed E-state index contributed by atoms with van der Waals surface area (Å²) in [6.07, 6.45) is 7.45. The van der Waals surface area contributed by atoms with Gasteiger partial charge in [0.25, 0.3) is 5.89 Å². The van der Waals surface area contributed by atoms with Gasteiger partial charge in [0, 0.05) is 37.4 Å². The second kappa shape index (κ2) is 22.7. The van der Waals surface area contributed by atoms with E-state index < -0.39 is 21.2 Å². The molecule has 2 unspecified atom stereocenters. The monoisotopic (exact) mass is 641 g/mol. The van der Waals surface area contributed by atoms with Crippen molar-refractivity contribution in [1.82, 2.24) is 15.2 Å². The maximum absolute atomic E-state index is 12.2. The van der Waals surface area contributed by atoms with E-state index in [1.807, 2.05) is 51.1 Å². The van der Waals surface area contributed by atoms with E-state index in [1.54, 1.807) is 11.2 Å². The summed E-state index contributed by atoms with van der Waals surface area (Å²) in [5.41, 5.74) is 2.54. The molecule has 1 N–H and O–H groups in total. The summed E-state index contributed by atoms with van der Waals surface area (Å²) in [5, 5.41) is 2.55. The highest BCUT2D eigenvalue weighted by Crippen LogP contribution is 2.12. The number of hydrogen-bond acceptors (Lipinski definition) is 7. The molecule has 0 radical (unpaired) electrons. The molecule has 45 heavy (non-hydrogen) atoms. The van der Waals surface area contributed by atoms with Gasteiger partial charge in [-0.15, -0.1) is 0 Å². The van der Waals surface area contributed by atoms with E-state index in [-0.39, 0.29) is 30.7 Å². The van der Waals surface area contributed by atoms with Gasteiger partial charge in [-0.1, -0.05) is 94.8 Å². The molecule has 0 spiro atoms. The van der Waals surface area contributed by atoms with Gasteiger partial charge in [-0.3, -0.25) is 18.6 Å². The number of Topliss-reactive ketones (excluding diaryl/α,β-unsaturated/α-hetero) is 1. The minimum atomic E-state index is -1.88. The molecule has 3 aromatic rings. The summed E-state index contributed by atoms with van der Waals surface area (Å²) in [6.45, 7) is 10.0. The fourth-order valence-corrected chi connectivity index (χ4v) is 5.08. The molecule has 4 rings (SSSR count). The molecule has 1 fully saturated rings. The van der Waals surface area contributed by atoms with E-state index in [9.17, 15) is 18.6 Å². The Morgan fingerprint density at radius 1 is 0.978 bits per heavy atom. The zero-order chi connectivity index (χ0) is 33.5. The predicted molar refractivity (Wildman–Crippen MR) is 183 cm³/mol. The Kier molecular flexibility index (Phi) is 19.8. The molecule has 2 heterocycles. The average Bonchev–Trinajstić information content (AvgIpc) is 3.60. The number of carbonyl (C=O) groups excluding carboxylic acids is 3. The van der Waals surface area contributed by atoms with Crippen molar-refractivity contribution in [3.05, 3.63) is 90.1 Å². The van der Waals surface area contributed by atoms with Crippen LogP contribution in [0.2, 0.25) is 0 Å². The first-order valence-corrected chi connectivity index (χ1v) is 17.9. The minimum absolute atomic E-state index is 0.0391. The molecule has 0 bridgehead atoms. The predicted octanol–water partition coefficient (Wildman–Crippen LogP) is 5.45. The number of rotatable bonds is 11. The molecule has 1 aromatic heterocycles. The molecule has 0 saturated carbocycles. The maximum atomic E-state index is 12.2. The number of ketones is 1. The Morgan fingerprint density at radius 3 is 2.04 bits per heavy atom. The first-order chi connectivity index (χ1) is 21.6. The van der Waals surface area contributed by atoms with E-state index in [0.717, 1.165) is 5.56 Å². The van der Waals surface area contributed by atoms with Gasteiger partial charge in [-0.25, -0.2) is 4.98 Å². The van der Waals surface area contributed by atoms with E-state index >= 15 is 0 Å². The smallest absolute Gasteiger partial charge is 0.264 e. The largest absolute Gasteiger partial charge is 0.442 e. The molecular formula is C35H51N3O6S. The Hall–Kier alpha value is -3.76. The van der Waals surface area contributed by atoms with Crippen LogP contribution in [0.1, 0.15) is 68.8 Å². The van der Waals surface area contributed by atoms with Gasteiger partial charge in [-0.2, -0.15) is 0 Å². The first-order valence-electron chi connectivity index (χ1n) is 15.6. The fraction of sp³-hybridized carbons (Fsp3) is 0.457. The lowest BCUT2D eigenvalue weighted by Gasteiger charge is -2.28. The van der Waals surface area contributed by atoms with Crippen molar-refractivity contribution in [3.8, 4) is 0 Å². The first kappa shape index (κ1) is 39.3. The molecule has 248 valence electrons. The summed E-state index contributed by atoms with van der Waals surface area (Å²) >= 11 is 0. The van der Waals surface area contributed by atoms with Crippen molar-refractivity contribution < 1.29 is 27.7 Å². The lowest BCUT2D eigenvalue weighted by molar-refractivity contribution is -0.139. The SMILES string of the molecule is C=S(C)(=O)Cc1ccccc1.CC.CCC(CC(=O)N1CCOCC1)C(=O)NCC(=O)c1ncco1.CCCc1ccccc1. The lowest BCUT2D eigenvalue weighted by atomic mass is 10.0. The van der Waals surface area contributed by atoms with E-state index in [4.69, 9.17) is 9.15 Å². The number of amides is 2. The molecule has 2 atom stereocenters. The van der Waals surface area contributed by atoms with Crippen LogP contribution in [0, 0.1) is 5.92 Å². The van der Waals surface area contributed by atoms with Crippen LogP contribution in [0.25, 0.3) is 0 Å². The Labute approximate surface area is 269 Å². The number of benzene rings is 2. The van der Waals surface area contributed by atoms with E-state index in [1.165, 1.54) is 30.9 Å². The number of aromatic nitrogens is 1. The number of nitrogens with zero attached hydrogens (tertiary/aromatic N) is 2.